The molecule has 0 saturated carbocycles. The summed E-state index contributed by atoms with van der Waals surface area (Å²) < 4.78 is 1.74. The van der Waals surface area contributed by atoms with E-state index in [0.717, 1.165) is 5.52 Å². The first-order chi connectivity index (χ1) is 7.13. The molecule has 0 aliphatic heterocycles. The third kappa shape index (κ3) is 1.49. The number of pyridine rings is 1. The molecule has 15 heavy (non-hydrogen) atoms. The Morgan fingerprint density at radius 3 is 2.87 bits per heavy atom. The number of fused-ring (bicyclic) bond motifs is 1. The van der Waals surface area contributed by atoms with E-state index in [9.17, 15) is 4.79 Å². The minimum absolute atomic E-state index is 0.132. The molecule has 74 valence electrons. The van der Waals surface area contributed by atoms with E-state index in [4.69, 9.17) is 16.9 Å². The molecule has 2 aromatic rings. The number of hydrogen-bond acceptors (Lipinski definition) is 2. The van der Waals surface area contributed by atoms with Crippen LogP contribution in [0.15, 0.2) is 29.2 Å². The van der Waals surface area contributed by atoms with Crippen LogP contribution in [-0.2, 0) is 7.05 Å². The van der Waals surface area contributed by atoms with Crippen LogP contribution in [0.2, 0.25) is 5.02 Å². The molecule has 0 saturated heterocycles. The Labute approximate surface area is 91.1 Å². The van der Waals surface area contributed by atoms with Gasteiger partial charge in [-0.2, -0.15) is 5.26 Å². The van der Waals surface area contributed by atoms with Gasteiger partial charge in [0.05, 0.1) is 5.52 Å². The summed E-state index contributed by atoms with van der Waals surface area (Å²) in [7, 11) is 1.79. The standard InChI is InChI=1S/C11H7ClN2O/c1-14-6-7(5-13)11(15)9-4-8(12)2-3-10(9)14/h2-4,6H,1H3. The van der Waals surface area contributed by atoms with Crippen molar-refractivity contribution >= 4 is 22.5 Å². The molecule has 0 amide bonds. The Kier molecular flexibility index (Phi) is 2.22. The highest BCUT2D eigenvalue weighted by molar-refractivity contribution is 6.31. The lowest BCUT2D eigenvalue weighted by atomic mass is 10.1. The minimum Gasteiger partial charge on any atom is -0.349 e. The van der Waals surface area contributed by atoms with Gasteiger partial charge in [-0.1, -0.05) is 11.6 Å². The topological polar surface area (TPSA) is 45.8 Å². The number of halogens is 1. The maximum Gasteiger partial charge on any atom is 0.207 e. The fraction of sp³-hybridized carbons (Fsp3) is 0.0909. The van der Waals surface area contributed by atoms with E-state index in [1.807, 2.05) is 6.07 Å². The van der Waals surface area contributed by atoms with Crippen LogP contribution in [0, 0.1) is 11.3 Å². The van der Waals surface area contributed by atoms with Crippen LogP contribution in [0.3, 0.4) is 0 Å². The van der Waals surface area contributed by atoms with Crippen molar-refractivity contribution in [3.63, 3.8) is 0 Å². The molecular formula is C11H7ClN2O. The van der Waals surface area contributed by atoms with Crippen molar-refractivity contribution < 1.29 is 0 Å². The molecule has 1 aromatic carbocycles. The second-order valence-electron chi connectivity index (χ2n) is 3.26. The zero-order chi connectivity index (χ0) is 11.0. The summed E-state index contributed by atoms with van der Waals surface area (Å²) in [6.45, 7) is 0. The van der Waals surface area contributed by atoms with E-state index in [-0.39, 0.29) is 11.0 Å². The number of aryl methyl sites for hydroxylation is 1. The van der Waals surface area contributed by atoms with E-state index < -0.39 is 0 Å². The van der Waals surface area contributed by atoms with Gasteiger partial charge in [0.2, 0.25) is 5.43 Å². The van der Waals surface area contributed by atoms with Crippen LogP contribution >= 0.6 is 11.6 Å². The second kappa shape index (κ2) is 3.41. The Morgan fingerprint density at radius 2 is 2.20 bits per heavy atom. The van der Waals surface area contributed by atoms with Gasteiger partial charge in [-0.15, -0.1) is 0 Å². The Hall–Kier alpha value is -1.79. The van der Waals surface area contributed by atoms with E-state index in [0.29, 0.717) is 10.4 Å². The fourth-order valence-corrected chi connectivity index (χ4v) is 1.72. The molecular weight excluding hydrogens is 212 g/mol. The second-order valence-corrected chi connectivity index (χ2v) is 3.69. The first-order valence-corrected chi connectivity index (χ1v) is 4.70. The van der Waals surface area contributed by atoms with Gasteiger partial charge in [0.15, 0.2) is 0 Å². The maximum absolute atomic E-state index is 11.8. The van der Waals surface area contributed by atoms with Crippen LogP contribution in [0.4, 0.5) is 0 Å². The van der Waals surface area contributed by atoms with Gasteiger partial charge < -0.3 is 4.57 Å². The Bertz CT molecular complexity index is 637. The van der Waals surface area contributed by atoms with Crippen molar-refractivity contribution in [2.45, 2.75) is 0 Å². The average molecular weight is 219 g/mol. The molecule has 0 aliphatic carbocycles. The van der Waals surface area contributed by atoms with E-state index in [2.05, 4.69) is 0 Å². The molecule has 0 unspecified atom stereocenters. The van der Waals surface area contributed by atoms with Gasteiger partial charge in [-0.25, -0.2) is 0 Å². The highest BCUT2D eigenvalue weighted by Crippen LogP contribution is 2.16. The molecule has 0 spiro atoms. The molecule has 4 heteroatoms. The van der Waals surface area contributed by atoms with Crippen molar-refractivity contribution in [1.29, 1.82) is 5.26 Å². The van der Waals surface area contributed by atoms with Gasteiger partial charge in [-0.05, 0) is 18.2 Å². The normalized spacial score (nSPS) is 10.2. The van der Waals surface area contributed by atoms with Crippen molar-refractivity contribution in [1.82, 2.24) is 4.57 Å². The number of nitrogens with zero attached hydrogens (tertiary/aromatic N) is 2. The summed E-state index contributed by atoms with van der Waals surface area (Å²) >= 11 is 5.81. The summed E-state index contributed by atoms with van der Waals surface area (Å²) in [5.41, 5.74) is 0.628. The van der Waals surface area contributed by atoms with Crippen molar-refractivity contribution in [2.24, 2.45) is 7.05 Å². The van der Waals surface area contributed by atoms with E-state index in [1.54, 1.807) is 29.8 Å². The first-order valence-electron chi connectivity index (χ1n) is 4.32. The molecule has 0 N–H and O–H groups in total. The summed E-state index contributed by atoms with van der Waals surface area (Å²) in [6, 6.07) is 6.94. The average Bonchev–Trinajstić information content (AvgIpc) is 2.23. The van der Waals surface area contributed by atoms with Gasteiger partial charge in [0, 0.05) is 23.7 Å². The van der Waals surface area contributed by atoms with Crippen molar-refractivity contribution in [2.75, 3.05) is 0 Å². The number of rotatable bonds is 0. The molecule has 3 nitrogen and oxygen atoms in total. The van der Waals surface area contributed by atoms with Crippen LogP contribution in [0.25, 0.3) is 10.9 Å². The number of nitriles is 1. The maximum atomic E-state index is 11.8. The lowest BCUT2D eigenvalue weighted by Gasteiger charge is -2.05. The molecule has 2 rings (SSSR count). The molecule has 0 atom stereocenters. The minimum atomic E-state index is -0.270. The van der Waals surface area contributed by atoms with Crippen LogP contribution in [0.1, 0.15) is 5.56 Å². The Balaban J connectivity index is 3.03. The lowest BCUT2D eigenvalue weighted by Crippen LogP contribution is -2.10. The van der Waals surface area contributed by atoms with Gasteiger partial charge in [-0.3, -0.25) is 4.79 Å². The smallest absolute Gasteiger partial charge is 0.207 e. The van der Waals surface area contributed by atoms with E-state index >= 15 is 0 Å². The van der Waals surface area contributed by atoms with Crippen LogP contribution < -0.4 is 5.43 Å². The van der Waals surface area contributed by atoms with Crippen LogP contribution in [-0.4, -0.2) is 4.57 Å². The third-order valence-corrected chi connectivity index (χ3v) is 2.51. The van der Waals surface area contributed by atoms with Crippen molar-refractivity contribution in [3.05, 3.63) is 45.2 Å². The predicted molar refractivity (Wildman–Crippen MR) is 58.9 cm³/mol. The quantitative estimate of drug-likeness (QED) is 0.680. The predicted octanol–water partition coefficient (Wildman–Crippen LogP) is 2.06. The number of hydrogen-bond donors (Lipinski definition) is 0. The SMILES string of the molecule is Cn1cc(C#N)c(=O)c2cc(Cl)ccc21. The molecule has 1 heterocycles. The molecule has 0 radical (unpaired) electrons. The van der Waals surface area contributed by atoms with Crippen molar-refractivity contribution in [3.8, 4) is 6.07 Å². The zero-order valence-electron chi connectivity index (χ0n) is 7.99. The first kappa shape index (κ1) is 9.75. The largest absolute Gasteiger partial charge is 0.349 e. The summed E-state index contributed by atoms with van der Waals surface area (Å²) in [5.74, 6) is 0. The molecule has 1 aromatic heterocycles. The molecule has 0 aliphatic rings. The summed E-state index contributed by atoms with van der Waals surface area (Å²) in [6.07, 6.45) is 1.53. The summed E-state index contributed by atoms with van der Waals surface area (Å²) in [4.78, 5) is 11.8. The van der Waals surface area contributed by atoms with E-state index in [1.165, 1.54) is 6.20 Å². The Morgan fingerprint density at radius 1 is 1.47 bits per heavy atom. The third-order valence-electron chi connectivity index (χ3n) is 2.27. The highest BCUT2D eigenvalue weighted by Gasteiger charge is 2.06. The number of aromatic nitrogens is 1. The van der Waals surface area contributed by atoms with Gasteiger partial charge >= 0.3 is 0 Å². The van der Waals surface area contributed by atoms with Gasteiger partial charge in [0.25, 0.3) is 0 Å². The van der Waals surface area contributed by atoms with Gasteiger partial charge in [0.1, 0.15) is 11.6 Å². The highest BCUT2D eigenvalue weighted by atomic mass is 35.5. The lowest BCUT2D eigenvalue weighted by molar-refractivity contribution is 0.946. The monoisotopic (exact) mass is 218 g/mol. The van der Waals surface area contributed by atoms with Crippen LogP contribution in [0.5, 0.6) is 0 Å². The number of benzene rings is 1. The zero-order valence-corrected chi connectivity index (χ0v) is 8.75. The summed E-state index contributed by atoms with van der Waals surface area (Å²) in [5, 5.41) is 9.75. The molecule has 0 bridgehead atoms. The molecule has 0 fully saturated rings. The fourth-order valence-electron chi connectivity index (χ4n) is 1.54.